The van der Waals surface area contributed by atoms with Gasteiger partial charge in [0.1, 0.15) is 11.4 Å². The summed E-state index contributed by atoms with van der Waals surface area (Å²) in [6.45, 7) is 0.412. The van der Waals surface area contributed by atoms with E-state index < -0.39 is 11.9 Å². The molecule has 0 spiro atoms. The van der Waals surface area contributed by atoms with E-state index in [1.54, 1.807) is 7.11 Å². The fraction of sp³-hybridized carbons (Fsp3) is 0.214. The molecule has 0 amide bonds. The van der Waals surface area contributed by atoms with Crippen LogP contribution in [0.3, 0.4) is 0 Å². The molecule has 1 aromatic carbocycles. The topological polar surface area (TPSA) is 34.1 Å². The third-order valence-electron chi connectivity index (χ3n) is 2.78. The van der Waals surface area contributed by atoms with Crippen LogP contribution >= 0.6 is 15.9 Å². The van der Waals surface area contributed by atoms with Crippen LogP contribution < -0.4 is 10.1 Å². The highest BCUT2D eigenvalue weighted by Crippen LogP contribution is 2.28. The van der Waals surface area contributed by atoms with Gasteiger partial charge < -0.3 is 10.1 Å². The molecule has 2 aromatic rings. The van der Waals surface area contributed by atoms with Gasteiger partial charge in [0, 0.05) is 16.6 Å². The minimum atomic E-state index is -4.42. The van der Waals surface area contributed by atoms with Crippen LogP contribution in [-0.2, 0) is 12.7 Å². The number of hydrogen-bond acceptors (Lipinski definition) is 3. The summed E-state index contributed by atoms with van der Waals surface area (Å²) in [6.07, 6.45) is -3.26. The second-order valence-corrected chi connectivity index (χ2v) is 5.16. The number of aromatic nitrogens is 1. The molecule has 0 aliphatic heterocycles. The molecule has 1 aromatic heterocycles. The van der Waals surface area contributed by atoms with Gasteiger partial charge in [0.25, 0.3) is 0 Å². The number of anilines is 1. The maximum Gasteiger partial charge on any atom is 0.433 e. The largest absolute Gasteiger partial charge is 0.496 e. The number of alkyl halides is 3. The molecule has 0 fully saturated rings. The number of halogens is 4. The monoisotopic (exact) mass is 360 g/mol. The van der Waals surface area contributed by atoms with E-state index in [9.17, 15) is 13.2 Å². The van der Waals surface area contributed by atoms with Crippen molar-refractivity contribution in [2.45, 2.75) is 12.7 Å². The molecule has 0 atom stereocenters. The lowest BCUT2D eigenvalue weighted by molar-refractivity contribution is -0.141. The van der Waals surface area contributed by atoms with Gasteiger partial charge in [0.15, 0.2) is 0 Å². The van der Waals surface area contributed by atoms with Crippen molar-refractivity contribution in [3.8, 4) is 5.75 Å². The summed E-state index contributed by atoms with van der Waals surface area (Å²) in [5.74, 6) is 0.700. The van der Waals surface area contributed by atoms with Crippen LogP contribution in [0.15, 0.2) is 41.0 Å². The molecule has 0 bridgehead atoms. The molecule has 7 heteroatoms. The third kappa shape index (κ3) is 4.10. The van der Waals surface area contributed by atoms with Gasteiger partial charge >= 0.3 is 6.18 Å². The van der Waals surface area contributed by atoms with Gasteiger partial charge in [-0.25, -0.2) is 4.98 Å². The zero-order valence-electron chi connectivity index (χ0n) is 11.0. The molecule has 2 rings (SSSR count). The van der Waals surface area contributed by atoms with E-state index in [0.29, 0.717) is 18.0 Å². The standard InChI is InChI=1S/C14H12BrF3N2O/c1-21-12-4-2-10(15)6-9(12)7-19-11-3-5-13(20-8-11)14(16,17)18/h2-6,8,19H,7H2,1H3. The Morgan fingerprint density at radius 3 is 2.57 bits per heavy atom. The number of benzene rings is 1. The van der Waals surface area contributed by atoms with Gasteiger partial charge in [-0.2, -0.15) is 13.2 Å². The molecule has 0 aliphatic carbocycles. The van der Waals surface area contributed by atoms with Crippen molar-refractivity contribution in [1.29, 1.82) is 0 Å². The van der Waals surface area contributed by atoms with E-state index in [1.807, 2.05) is 18.2 Å². The van der Waals surface area contributed by atoms with Crippen molar-refractivity contribution in [1.82, 2.24) is 4.98 Å². The molecule has 0 saturated heterocycles. The second kappa shape index (κ2) is 6.34. The number of rotatable bonds is 4. The number of nitrogens with zero attached hydrogens (tertiary/aromatic N) is 1. The van der Waals surface area contributed by atoms with Crippen molar-refractivity contribution in [2.75, 3.05) is 12.4 Å². The summed E-state index contributed by atoms with van der Waals surface area (Å²) in [7, 11) is 1.56. The molecular weight excluding hydrogens is 349 g/mol. The first-order valence-corrected chi connectivity index (χ1v) is 6.79. The molecule has 0 saturated carbocycles. The van der Waals surface area contributed by atoms with Crippen molar-refractivity contribution < 1.29 is 17.9 Å². The van der Waals surface area contributed by atoms with Crippen LogP contribution in [0, 0.1) is 0 Å². The number of pyridine rings is 1. The quantitative estimate of drug-likeness (QED) is 0.872. The zero-order chi connectivity index (χ0) is 15.5. The molecule has 0 aliphatic rings. The molecule has 0 radical (unpaired) electrons. The highest BCUT2D eigenvalue weighted by atomic mass is 79.9. The lowest BCUT2D eigenvalue weighted by Gasteiger charge is -2.11. The summed E-state index contributed by atoms with van der Waals surface area (Å²) >= 11 is 3.36. The average molecular weight is 361 g/mol. The van der Waals surface area contributed by atoms with E-state index >= 15 is 0 Å². The van der Waals surface area contributed by atoms with E-state index in [1.165, 1.54) is 6.07 Å². The van der Waals surface area contributed by atoms with E-state index in [-0.39, 0.29) is 0 Å². The lowest BCUT2D eigenvalue weighted by Crippen LogP contribution is -2.08. The third-order valence-corrected chi connectivity index (χ3v) is 3.27. The number of nitrogens with one attached hydrogen (secondary N) is 1. The second-order valence-electron chi connectivity index (χ2n) is 4.24. The number of hydrogen-bond donors (Lipinski definition) is 1. The first kappa shape index (κ1) is 15.6. The number of methoxy groups -OCH3 is 1. The van der Waals surface area contributed by atoms with Crippen LogP contribution in [0.2, 0.25) is 0 Å². The normalized spacial score (nSPS) is 11.3. The van der Waals surface area contributed by atoms with Crippen molar-refractivity contribution in [2.24, 2.45) is 0 Å². The van der Waals surface area contributed by atoms with E-state index in [0.717, 1.165) is 22.3 Å². The highest BCUT2D eigenvalue weighted by Gasteiger charge is 2.31. The van der Waals surface area contributed by atoms with Crippen molar-refractivity contribution in [3.63, 3.8) is 0 Å². The molecule has 112 valence electrons. The predicted octanol–water partition coefficient (Wildman–Crippen LogP) is 4.48. The van der Waals surface area contributed by atoms with Gasteiger partial charge in [0.05, 0.1) is 19.0 Å². The van der Waals surface area contributed by atoms with Crippen LogP contribution in [0.25, 0.3) is 0 Å². The first-order chi connectivity index (χ1) is 9.90. The summed E-state index contributed by atoms with van der Waals surface area (Å²) in [5.41, 5.74) is 0.477. The predicted molar refractivity (Wildman–Crippen MR) is 77.3 cm³/mol. The van der Waals surface area contributed by atoms with Crippen LogP contribution in [0.1, 0.15) is 11.3 Å². The Bertz CT molecular complexity index is 615. The summed E-state index contributed by atoms with van der Waals surface area (Å²) < 4.78 is 43.3. The van der Waals surface area contributed by atoms with Crippen molar-refractivity contribution in [3.05, 3.63) is 52.3 Å². The Morgan fingerprint density at radius 2 is 2.00 bits per heavy atom. The minimum absolute atomic E-state index is 0.412. The van der Waals surface area contributed by atoms with Gasteiger partial charge in [-0.1, -0.05) is 15.9 Å². The molecule has 3 nitrogen and oxygen atoms in total. The van der Waals surface area contributed by atoms with Crippen LogP contribution in [-0.4, -0.2) is 12.1 Å². The SMILES string of the molecule is COc1ccc(Br)cc1CNc1ccc(C(F)(F)F)nc1. The van der Waals surface area contributed by atoms with Gasteiger partial charge in [-0.05, 0) is 30.3 Å². The molecule has 0 unspecified atom stereocenters. The Hall–Kier alpha value is -1.76. The molecule has 1 heterocycles. The zero-order valence-corrected chi connectivity index (χ0v) is 12.6. The summed E-state index contributed by atoms with van der Waals surface area (Å²) in [4.78, 5) is 3.39. The molecular formula is C14H12BrF3N2O. The summed E-state index contributed by atoms with van der Waals surface area (Å²) in [5, 5.41) is 3.01. The summed E-state index contributed by atoms with van der Waals surface area (Å²) in [6, 6.07) is 7.83. The van der Waals surface area contributed by atoms with Crippen molar-refractivity contribution >= 4 is 21.6 Å². The maximum atomic E-state index is 12.4. The van der Waals surface area contributed by atoms with Gasteiger partial charge in [-0.15, -0.1) is 0 Å². The average Bonchev–Trinajstić information content (AvgIpc) is 2.45. The Labute approximate surface area is 128 Å². The highest BCUT2D eigenvalue weighted by molar-refractivity contribution is 9.10. The Morgan fingerprint density at radius 1 is 1.24 bits per heavy atom. The van der Waals surface area contributed by atoms with Gasteiger partial charge in [0.2, 0.25) is 0 Å². The molecule has 21 heavy (non-hydrogen) atoms. The first-order valence-electron chi connectivity index (χ1n) is 5.99. The lowest BCUT2D eigenvalue weighted by atomic mass is 10.2. The smallest absolute Gasteiger partial charge is 0.433 e. The fourth-order valence-corrected chi connectivity index (χ4v) is 2.16. The van der Waals surface area contributed by atoms with E-state index in [2.05, 4.69) is 26.2 Å². The van der Waals surface area contributed by atoms with Gasteiger partial charge in [-0.3, -0.25) is 0 Å². The molecule has 1 N–H and O–H groups in total. The van der Waals surface area contributed by atoms with Crippen LogP contribution in [0.5, 0.6) is 5.75 Å². The Balaban J connectivity index is 2.08. The number of ether oxygens (including phenoxy) is 1. The fourth-order valence-electron chi connectivity index (χ4n) is 1.75. The Kier molecular flexibility index (Phi) is 4.72. The maximum absolute atomic E-state index is 12.4. The van der Waals surface area contributed by atoms with E-state index in [4.69, 9.17) is 4.74 Å². The van der Waals surface area contributed by atoms with Crippen LogP contribution in [0.4, 0.5) is 18.9 Å². The minimum Gasteiger partial charge on any atom is -0.496 e.